The summed E-state index contributed by atoms with van der Waals surface area (Å²) in [5.41, 5.74) is 1.16. The van der Waals surface area contributed by atoms with Crippen LogP contribution in [0.5, 0.6) is 0 Å². The van der Waals surface area contributed by atoms with Crippen molar-refractivity contribution in [3.63, 3.8) is 0 Å². The number of carbonyl (C=O) groups is 2. The predicted octanol–water partition coefficient (Wildman–Crippen LogP) is 4.91. The molecule has 0 unspecified atom stereocenters. The number of hydrogen-bond acceptors (Lipinski definition) is 5. The zero-order valence-electron chi connectivity index (χ0n) is 16.5. The Kier molecular flexibility index (Phi) is 7.35. The first-order chi connectivity index (χ1) is 14.7. The Morgan fingerprint density at radius 1 is 1.06 bits per heavy atom. The largest absolute Gasteiger partial charge is 0.456 e. The number of sulfone groups is 1. The van der Waals surface area contributed by atoms with Gasteiger partial charge in [-0.1, -0.05) is 41.9 Å². The highest BCUT2D eigenvalue weighted by atomic mass is 79.9. The molecule has 0 saturated carbocycles. The van der Waals surface area contributed by atoms with Gasteiger partial charge in [0, 0.05) is 10.2 Å². The van der Waals surface area contributed by atoms with Crippen molar-refractivity contribution in [1.82, 2.24) is 0 Å². The van der Waals surface area contributed by atoms with Crippen molar-refractivity contribution in [3.05, 3.63) is 69.7 Å². The Bertz CT molecular complexity index is 1260. The molecular weight excluding hydrogens is 506 g/mol. The summed E-state index contributed by atoms with van der Waals surface area (Å²) >= 11 is 9.41. The topological polar surface area (TPSA) is 89.5 Å². The third-order valence-corrected chi connectivity index (χ3v) is 7.72. The number of halogens is 2. The molecule has 9 heteroatoms. The molecule has 0 atom stereocenters. The van der Waals surface area contributed by atoms with Crippen molar-refractivity contribution >= 4 is 65.7 Å². The summed E-state index contributed by atoms with van der Waals surface area (Å²) in [6.07, 6.45) is -0.356. The van der Waals surface area contributed by atoms with Crippen LogP contribution in [0, 0.1) is 6.92 Å². The Morgan fingerprint density at radius 3 is 2.52 bits per heavy atom. The highest BCUT2D eigenvalue weighted by Gasteiger charge is 2.18. The van der Waals surface area contributed by atoms with Gasteiger partial charge in [0.2, 0.25) is 0 Å². The van der Waals surface area contributed by atoms with Crippen LogP contribution in [-0.2, 0) is 24.2 Å². The minimum Gasteiger partial charge on any atom is -0.456 e. The summed E-state index contributed by atoms with van der Waals surface area (Å²) in [5, 5.41) is 4.80. The molecule has 0 saturated heterocycles. The van der Waals surface area contributed by atoms with Gasteiger partial charge in [0.05, 0.1) is 22.1 Å². The fourth-order valence-corrected chi connectivity index (χ4v) is 4.74. The Hall–Kier alpha value is -2.42. The Labute approximate surface area is 193 Å². The van der Waals surface area contributed by atoms with Gasteiger partial charge in [0.1, 0.15) is 0 Å². The number of nitrogens with one attached hydrogen (secondary N) is 1. The first kappa shape index (κ1) is 23.2. The highest BCUT2D eigenvalue weighted by molar-refractivity contribution is 9.10. The number of benzene rings is 3. The van der Waals surface area contributed by atoms with Crippen molar-refractivity contribution in [1.29, 1.82) is 0 Å². The normalized spacial score (nSPS) is 11.3. The van der Waals surface area contributed by atoms with Crippen LogP contribution in [0.4, 0.5) is 5.69 Å². The van der Waals surface area contributed by atoms with Gasteiger partial charge < -0.3 is 10.1 Å². The van der Waals surface area contributed by atoms with E-state index in [0.717, 1.165) is 10.8 Å². The molecule has 0 fully saturated rings. The van der Waals surface area contributed by atoms with E-state index in [0.29, 0.717) is 20.7 Å². The van der Waals surface area contributed by atoms with E-state index in [1.807, 2.05) is 24.3 Å². The molecule has 1 amide bonds. The summed E-state index contributed by atoms with van der Waals surface area (Å²) in [5.74, 6) is -1.73. The molecule has 0 aliphatic carbocycles. The Balaban J connectivity index is 1.53. The van der Waals surface area contributed by atoms with E-state index in [-0.39, 0.29) is 11.3 Å². The first-order valence-electron chi connectivity index (χ1n) is 9.29. The minimum atomic E-state index is -3.67. The van der Waals surface area contributed by atoms with Crippen molar-refractivity contribution in [2.75, 3.05) is 17.7 Å². The lowest BCUT2D eigenvalue weighted by Gasteiger charge is -2.11. The van der Waals surface area contributed by atoms with Crippen molar-refractivity contribution < 1.29 is 22.7 Å². The maximum atomic E-state index is 12.6. The standard InChI is InChI=1S/C22H19BrClNO5S/c1-14-19(9-8-18(23)22(14)24)25-20(26)13-30-21(27)10-11-31(28,29)17-7-6-15-4-2-3-5-16(15)12-17/h2-9,12H,10-11,13H2,1H3,(H,25,26). The van der Waals surface area contributed by atoms with E-state index in [4.69, 9.17) is 16.3 Å². The number of fused-ring (bicyclic) bond motifs is 1. The number of esters is 1. The van der Waals surface area contributed by atoms with E-state index in [1.54, 1.807) is 31.2 Å². The van der Waals surface area contributed by atoms with E-state index in [2.05, 4.69) is 21.2 Å². The molecule has 3 aromatic carbocycles. The molecule has 1 N–H and O–H groups in total. The smallest absolute Gasteiger partial charge is 0.307 e. The van der Waals surface area contributed by atoms with Gasteiger partial charge in [-0.3, -0.25) is 9.59 Å². The first-order valence-corrected chi connectivity index (χ1v) is 12.1. The Morgan fingerprint density at radius 2 is 1.77 bits per heavy atom. The zero-order valence-corrected chi connectivity index (χ0v) is 19.7. The van der Waals surface area contributed by atoms with Crippen molar-refractivity contribution in [2.45, 2.75) is 18.2 Å². The van der Waals surface area contributed by atoms with Gasteiger partial charge in [0.15, 0.2) is 16.4 Å². The van der Waals surface area contributed by atoms with Gasteiger partial charge in [-0.15, -0.1) is 0 Å². The predicted molar refractivity (Wildman–Crippen MR) is 124 cm³/mol. The second-order valence-electron chi connectivity index (χ2n) is 6.82. The number of rotatable bonds is 7. The molecule has 0 radical (unpaired) electrons. The third kappa shape index (κ3) is 5.84. The molecule has 31 heavy (non-hydrogen) atoms. The van der Waals surface area contributed by atoms with Gasteiger partial charge in [-0.25, -0.2) is 8.42 Å². The molecule has 3 rings (SSSR count). The fourth-order valence-electron chi connectivity index (χ4n) is 2.89. The average molecular weight is 525 g/mol. The maximum absolute atomic E-state index is 12.6. The van der Waals surface area contributed by atoms with Crippen LogP contribution in [0.25, 0.3) is 10.8 Å². The molecule has 0 spiro atoms. The number of amides is 1. The highest BCUT2D eigenvalue weighted by Crippen LogP contribution is 2.31. The van der Waals surface area contributed by atoms with E-state index < -0.39 is 34.1 Å². The molecule has 0 aliphatic heterocycles. The van der Waals surface area contributed by atoms with Crippen LogP contribution in [-0.4, -0.2) is 32.7 Å². The van der Waals surface area contributed by atoms with Gasteiger partial charge >= 0.3 is 5.97 Å². The van der Waals surface area contributed by atoms with E-state index in [1.165, 1.54) is 6.07 Å². The van der Waals surface area contributed by atoms with Gasteiger partial charge in [-0.05, 0) is 63.5 Å². The lowest BCUT2D eigenvalue weighted by atomic mass is 10.1. The number of anilines is 1. The monoisotopic (exact) mass is 523 g/mol. The van der Waals surface area contributed by atoms with Crippen LogP contribution in [0.2, 0.25) is 5.02 Å². The molecule has 0 aliphatic rings. The number of carbonyl (C=O) groups excluding carboxylic acids is 2. The van der Waals surface area contributed by atoms with E-state index in [9.17, 15) is 18.0 Å². The minimum absolute atomic E-state index is 0.138. The van der Waals surface area contributed by atoms with Gasteiger partial charge in [0.25, 0.3) is 5.91 Å². The quantitative estimate of drug-likeness (QED) is 0.444. The summed E-state index contributed by atoms with van der Waals surface area (Å²) < 4.78 is 30.7. The molecule has 6 nitrogen and oxygen atoms in total. The lowest BCUT2D eigenvalue weighted by Crippen LogP contribution is -2.22. The summed E-state index contributed by atoms with van der Waals surface area (Å²) in [6, 6.07) is 15.6. The van der Waals surface area contributed by atoms with Crippen molar-refractivity contribution in [3.8, 4) is 0 Å². The van der Waals surface area contributed by atoms with Crippen LogP contribution in [0.15, 0.2) is 64.0 Å². The summed E-state index contributed by atoms with van der Waals surface area (Å²) in [4.78, 5) is 24.2. The fraction of sp³-hybridized carbons (Fsp3) is 0.182. The average Bonchev–Trinajstić information content (AvgIpc) is 2.76. The molecule has 0 heterocycles. The SMILES string of the molecule is Cc1c(NC(=O)COC(=O)CCS(=O)(=O)c2ccc3ccccc3c2)ccc(Br)c1Cl. The zero-order chi connectivity index (χ0) is 22.6. The van der Waals surface area contributed by atoms with Gasteiger partial charge in [-0.2, -0.15) is 0 Å². The molecule has 162 valence electrons. The number of hydrogen-bond donors (Lipinski definition) is 1. The molecule has 0 aromatic heterocycles. The number of ether oxygens (including phenoxy) is 1. The summed E-state index contributed by atoms with van der Waals surface area (Å²) in [7, 11) is -3.67. The maximum Gasteiger partial charge on any atom is 0.307 e. The third-order valence-electron chi connectivity index (χ3n) is 4.63. The van der Waals surface area contributed by atoms with Crippen LogP contribution >= 0.6 is 27.5 Å². The van der Waals surface area contributed by atoms with E-state index >= 15 is 0 Å². The molecular formula is C22H19BrClNO5S. The molecule has 0 bridgehead atoms. The van der Waals surface area contributed by atoms with Crippen LogP contribution in [0.1, 0.15) is 12.0 Å². The second kappa shape index (κ2) is 9.80. The molecule has 3 aromatic rings. The van der Waals surface area contributed by atoms with Crippen LogP contribution < -0.4 is 5.32 Å². The van der Waals surface area contributed by atoms with Crippen molar-refractivity contribution in [2.24, 2.45) is 0 Å². The van der Waals surface area contributed by atoms with Crippen LogP contribution in [0.3, 0.4) is 0 Å². The second-order valence-corrected chi connectivity index (χ2v) is 10.2. The summed E-state index contributed by atoms with van der Waals surface area (Å²) in [6.45, 7) is 1.22. The lowest BCUT2D eigenvalue weighted by molar-refractivity contribution is -0.146.